The van der Waals surface area contributed by atoms with Crippen molar-refractivity contribution in [1.29, 1.82) is 0 Å². The van der Waals surface area contributed by atoms with Gasteiger partial charge in [-0.2, -0.15) is 0 Å². The summed E-state index contributed by atoms with van der Waals surface area (Å²) in [5.41, 5.74) is 7.93. The van der Waals surface area contributed by atoms with Gasteiger partial charge in [0.25, 0.3) is 0 Å². The number of nitrogens with zero attached hydrogens (tertiary/aromatic N) is 4. The van der Waals surface area contributed by atoms with E-state index in [9.17, 15) is 0 Å². The van der Waals surface area contributed by atoms with Crippen LogP contribution in [-0.4, -0.2) is 21.5 Å². The SMILES string of the molecule is C=CCNc1ncnc(N(Cc2ccccc2)c2ccccn2)c1N. The molecule has 0 aliphatic carbocycles. The third-order valence-corrected chi connectivity index (χ3v) is 3.64. The van der Waals surface area contributed by atoms with Crippen molar-refractivity contribution < 1.29 is 0 Å². The fourth-order valence-electron chi connectivity index (χ4n) is 2.45. The number of pyridine rings is 1. The molecule has 0 atom stereocenters. The van der Waals surface area contributed by atoms with E-state index >= 15 is 0 Å². The Hall–Kier alpha value is -3.41. The normalized spacial score (nSPS) is 10.2. The number of aromatic nitrogens is 3. The summed E-state index contributed by atoms with van der Waals surface area (Å²) in [4.78, 5) is 15.1. The molecule has 0 saturated heterocycles. The van der Waals surface area contributed by atoms with Crippen molar-refractivity contribution in [1.82, 2.24) is 15.0 Å². The Morgan fingerprint density at radius 2 is 1.84 bits per heavy atom. The van der Waals surface area contributed by atoms with Crippen LogP contribution in [0.2, 0.25) is 0 Å². The van der Waals surface area contributed by atoms with Crippen LogP contribution in [0.5, 0.6) is 0 Å². The third kappa shape index (κ3) is 3.92. The van der Waals surface area contributed by atoms with Crippen molar-refractivity contribution in [3.63, 3.8) is 0 Å². The summed E-state index contributed by atoms with van der Waals surface area (Å²) < 4.78 is 0. The van der Waals surface area contributed by atoms with Gasteiger partial charge in [-0.3, -0.25) is 0 Å². The zero-order valence-corrected chi connectivity index (χ0v) is 13.8. The smallest absolute Gasteiger partial charge is 0.163 e. The molecule has 0 aliphatic heterocycles. The number of nitrogens with one attached hydrogen (secondary N) is 1. The lowest BCUT2D eigenvalue weighted by atomic mass is 10.2. The minimum Gasteiger partial charge on any atom is -0.393 e. The molecule has 0 radical (unpaired) electrons. The molecule has 3 N–H and O–H groups in total. The van der Waals surface area contributed by atoms with Crippen molar-refractivity contribution in [2.45, 2.75) is 6.54 Å². The molecule has 3 aromatic rings. The lowest BCUT2D eigenvalue weighted by molar-refractivity contribution is 0.917. The second-order valence-corrected chi connectivity index (χ2v) is 5.39. The molecule has 0 spiro atoms. The fraction of sp³-hybridized carbons (Fsp3) is 0.105. The van der Waals surface area contributed by atoms with Gasteiger partial charge >= 0.3 is 0 Å². The van der Waals surface area contributed by atoms with Gasteiger partial charge in [-0.1, -0.05) is 42.5 Å². The molecule has 0 bridgehead atoms. The zero-order valence-electron chi connectivity index (χ0n) is 13.8. The maximum Gasteiger partial charge on any atom is 0.163 e. The second-order valence-electron chi connectivity index (χ2n) is 5.39. The van der Waals surface area contributed by atoms with E-state index in [-0.39, 0.29) is 0 Å². The highest BCUT2D eigenvalue weighted by Crippen LogP contribution is 2.32. The van der Waals surface area contributed by atoms with E-state index in [1.54, 1.807) is 12.3 Å². The Balaban J connectivity index is 2.01. The van der Waals surface area contributed by atoms with E-state index in [4.69, 9.17) is 5.73 Å². The van der Waals surface area contributed by atoms with Gasteiger partial charge in [0.2, 0.25) is 0 Å². The van der Waals surface area contributed by atoms with Crippen LogP contribution in [0.4, 0.5) is 23.1 Å². The van der Waals surface area contributed by atoms with Gasteiger partial charge in [-0.25, -0.2) is 15.0 Å². The fourth-order valence-corrected chi connectivity index (χ4v) is 2.45. The summed E-state index contributed by atoms with van der Waals surface area (Å²) in [7, 11) is 0. The van der Waals surface area contributed by atoms with Crippen LogP contribution < -0.4 is 16.0 Å². The minimum atomic E-state index is 0.478. The molecule has 0 amide bonds. The molecule has 3 rings (SSSR count). The number of rotatable bonds is 7. The maximum absolute atomic E-state index is 6.32. The van der Waals surface area contributed by atoms with Gasteiger partial charge in [0.1, 0.15) is 17.8 Å². The maximum atomic E-state index is 6.32. The van der Waals surface area contributed by atoms with Crippen LogP contribution in [0.3, 0.4) is 0 Å². The standard InChI is InChI=1S/C19H20N6/c1-2-11-22-18-17(20)19(24-14-23-18)25(16-10-6-7-12-21-16)13-15-8-4-3-5-9-15/h2-10,12,14H,1,11,13,20H2,(H,22,23,24). The third-order valence-electron chi connectivity index (χ3n) is 3.64. The van der Waals surface area contributed by atoms with Crippen LogP contribution in [0.25, 0.3) is 0 Å². The number of hydrogen-bond donors (Lipinski definition) is 2. The molecule has 6 heteroatoms. The van der Waals surface area contributed by atoms with E-state index in [1.807, 2.05) is 41.3 Å². The Labute approximate surface area is 147 Å². The van der Waals surface area contributed by atoms with Gasteiger partial charge in [0, 0.05) is 12.7 Å². The number of anilines is 4. The molecule has 126 valence electrons. The molecule has 0 saturated carbocycles. The monoisotopic (exact) mass is 332 g/mol. The van der Waals surface area contributed by atoms with Gasteiger partial charge in [0.05, 0.1) is 6.54 Å². The van der Waals surface area contributed by atoms with E-state index in [1.165, 1.54) is 6.33 Å². The largest absolute Gasteiger partial charge is 0.393 e. The van der Waals surface area contributed by atoms with Crippen molar-refractivity contribution in [3.8, 4) is 0 Å². The van der Waals surface area contributed by atoms with Crippen LogP contribution in [0.1, 0.15) is 5.56 Å². The minimum absolute atomic E-state index is 0.478. The zero-order chi connectivity index (χ0) is 17.5. The Morgan fingerprint density at radius 1 is 1.04 bits per heavy atom. The highest BCUT2D eigenvalue weighted by molar-refractivity contribution is 5.78. The quantitative estimate of drug-likeness (QED) is 0.646. The first-order chi connectivity index (χ1) is 12.3. The van der Waals surface area contributed by atoms with Crippen LogP contribution in [0.15, 0.2) is 73.7 Å². The van der Waals surface area contributed by atoms with E-state index in [0.717, 1.165) is 11.4 Å². The number of nitrogen functional groups attached to an aromatic ring is 1. The molecule has 2 heterocycles. The number of nitrogens with two attached hydrogens (primary N) is 1. The molecular weight excluding hydrogens is 312 g/mol. The molecule has 0 fully saturated rings. The highest BCUT2D eigenvalue weighted by Gasteiger charge is 2.18. The molecule has 6 nitrogen and oxygen atoms in total. The first-order valence-corrected chi connectivity index (χ1v) is 7.97. The molecule has 25 heavy (non-hydrogen) atoms. The summed E-state index contributed by atoms with van der Waals surface area (Å²) in [6.45, 7) is 4.87. The second kappa shape index (κ2) is 7.92. The van der Waals surface area contributed by atoms with Crippen molar-refractivity contribution in [2.75, 3.05) is 22.5 Å². The average Bonchev–Trinajstić information content (AvgIpc) is 2.67. The number of hydrogen-bond acceptors (Lipinski definition) is 6. The first kappa shape index (κ1) is 16.4. The van der Waals surface area contributed by atoms with E-state index < -0.39 is 0 Å². The van der Waals surface area contributed by atoms with Gasteiger partial charge < -0.3 is 16.0 Å². The Morgan fingerprint density at radius 3 is 2.56 bits per heavy atom. The molecular formula is C19H20N6. The lowest BCUT2D eigenvalue weighted by Gasteiger charge is -2.24. The number of benzene rings is 1. The summed E-state index contributed by atoms with van der Waals surface area (Å²) >= 11 is 0. The van der Waals surface area contributed by atoms with E-state index in [0.29, 0.717) is 30.4 Å². The summed E-state index contributed by atoms with van der Waals surface area (Å²) in [5.74, 6) is 1.97. The van der Waals surface area contributed by atoms with Crippen LogP contribution in [0, 0.1) is 0 Å². The van der Waals surface area contributed by atoms with Crippen LogP contribution >= 0.6 is 0 Å². The van der Waals surface area contributed by atoms with Crippen molar-refractivity contribution in [3.05, 3.63) is 79.3 Å². The summed E-state index contributed by atoms with van der Waals surface area (Å²) in [6.07, 6.45) is 5.00. The predicted octanol–water partition coefficient (Wildman–Crippen LogP) is 3.39. The lowest BCUT2D eigenvalue weighted by Crippen LogP contribution is -2.21. The molecule has 1 aromatic carbocycles. The van der Waals surface area contributed by atoms with Gasteiger partial charge in [-0.05, 0) is 17.7 Å². The Bertz CT molecular complexity index is 820. The van der Waals surface area contributed by atoms with Crippen molar-refractivity contribution in [2.24, 2.45) is 0 Å². The molecule has 0 aliphatic rings. The highest BCUT2D eigenvalue weighted by atomic mass is 15.3. The van der Waals surface area contributed by atoms with E-state index in [2.05, 4.69) is 39.0 Å². The van der Waals surface area contributed by atoms with Gasteiger partial charge in [0.15, 0.2) is 11.6 Å². The molecule has 2 aromatic heterocycles. The molecule has 0 unspecified atom stereocenters. The topological polar surface area (TPSA) is 80.0 Å². The van der Waals surface area contributed by atoms with Crippen molar-refractivity contribution >= 4 is 23.1 Å². The predicted molar refractivity (Wildman–Crippen MR) is 102 cm³/mol. The van der Waals surface area contributed by atoms with Gasteiger partial charge in [-0.15, -0.1) is 6.58 Å². The van der Waals surface area contributed by atoms with Crippen LogP contribution in [-0.2, 0) is 6.54 Å². The summed E-state index contributed by atoms with van der Waals surface area (Å²) in [5, 5.41) is 3.13. The average molecular weight is 332 g/mol. The Kier molecular flexibility index (Phi) is 5.21. The summed E-state index contributed by atoms with van der Waals surface area (Å²) in [6, 6.07) is 15.9. The first-order valence-electron chi connectivity index (χ1n) is 7.97.